The fourth-order valence-corrected chi connectivity index (χ4v) is 2.54. The topological polar surface area (TPSA) is 62.8 Å². The number of hydrogen-bond acceptors (Lipinski definition) is 4. The van der Waals surface area contributed by atoms with Crippen molar-refractivity contribution < 1.29 is 4.74 Å². The molecule has 0 radical (unpaired) electrons. The van der Waals surface area contributed by atoms with Crippen molar-refractivity contribution in [2.45, 2.75) is 6.04 Å². The minimum atomic E-state index is -0.162. The van der Waals surface area contributed by atoms with Crippen molar-refractivity contribution >= 4 is 17.3 Å². The van der Waals surface area contributed by atoms with Crippen LogP contribution in [0, 0.1) is 0 Å². The summed E-state index contributed by atoms with van der Waals surface area (Å²) in [6.45, 7) is 0. The SMILES string of the molecule is COc1ccncc1NC(c1cn[nH]c1)c1ccccc1Cl. The van der Waals surface area contributed by atoms with Crippen LogP contribution in [-0.2, 0) is 0 Å². The molecule has 0 aliphatic heterocycles. The van der Waals surface area contributed by atoms with Gasteiger partial charge in [-0.1, -0.05) is 29.8 Å². The highest BCUT2D eigenvalue weighted by Crippen LogP contribution is 2.33. The number of nitrogens with one attached hydrogen (secondary N) is 2. The van der Waals surface area contributed by atoms with Crippen LogP contribution in [0.2, 0.25) is 5.02 Å². The minimum absolute atomic E-state index is 0.162. The van der Waals surface area contributed by atoms with E-state index in [0.717, 1.165) is 22.6 Å². The molecule has 0 aliphatic rings. The van der Waals surface area contributed by atoms with Gasteiger partial charge < -0.3 is 10.1 Å². The minimum Gasteiger partial charge on any atom is -0.494 e. The Kier molecular flexibility index (Phi) is 4.25. The van der Waals surface area contributed by atoms with E-state index in [2.05, 4.69) is 20.5 Å². The van der Waals surface area contributed by atoms with Crippen molar-refractivity contribution in [1.29, 1.82) is 0 Å². The van der Waals surface area contributed by atoms with Gasteiger partial charge in [0, 0.05) is 29.0 Å². The summed E-state index contributed by atoms with van der Waals surface area (Å²) in [5.74, 6) is 0.718. The molecule has 22 heavy (non-hydrogen) atoms. The lowest BCUT2D eigenvalue weighted by Crippen LogP contribution is -2.13. The summed E-state index contributed by atoms with van der Waals surface area (Å²) in [7, 11) is 1.63. The average molecular weight is 315 g/mol. The summed E-state index contributed by atoms with van der Waals surface area (Å²) in [6.07, 6.45) is 7.02. The Morgan fingerprint density at radius 1 is 1.23 bits per heavy atom. The van der Waals surface area contributed by atoms with Gasteiger partial charge in [0.25, 0.3) is 0 Å². The third-order valence-corrected chi connectivity index (χ3v) is 3.71. The molecule has 112 valence electrons. The number of aromatic nitrogens is 3. The first-order valence-corrected chi connectivity index (χ1v) is 7.15. The van der Waals surface area contributed by atoms with Crippen molar-refractivity contribution in [1.82, 2.24) is 15.2 Å². The fraction of sp³-hybridized carbons (Fsp3) is 0.125. The van der Waals surface area contributed by atoms with Crippen molar-refractivity contribution in [2.24, 2.45) is 0 Å². The molecule has 1 unspecified atom stereocenters. The van der Waals surface area contributed by atoms with Crippen LogP contribution in [0.5, 0.6) is 5.75 Å². The number of benzene rings is 1. The number of anilines is 1. The second kappa shape index (κ2) is 6.49. The molecular formula is C16H15ClN4O. The first kappa shape index (κ1) is 14.4. The van der Waals surface area contributed by atoms with Gasteiger partial charge in [-0.25, -0.2) is 0 Å². The van der Waals surface area contributed by atoms with Crippen LogP contribution >= 0.6 is 11.6 Å². The maximum Gasteiger partial charge on any atom is 0.145 e. The number of H-pyrrole nitrogens is 1. The zero-order chi connectivity index (χ0) is 15.4. The second-order valence-electron chi connectivity index (χ2n) is 4.71. The molecule has 2 aromatic heterocycles. The van der Waals surface area contributed by atoms with Crippen LogP contribution in [0.3, 0.4) is 0 Å². The Morgan fingerprint density at radius 2 is 2.09 bits per heavy atom. The number of rotatable bonds is 5. The molecule has 0 saturated carbocycles. The quantitative estimate of drug-likeness (QED) is 0.754. The van der Waals surface area contributed by atoms with Gasteiger partial charge in [0.1, 0.15) is 5.75 Å². The predicted molar refractivity (Wildman–Crippen MR) is 86.3 cm³/mol. The van der Waals surface area contributed by atoms with Gasteiger partial charge in [0.15, 0.2) is 0 Å². The Balaban J connectivity index is 2.02. The van der Waals surface area contributed by atoms with Crippen LogP contribution < -0.4 is 10.1 Å². The highest BCUT2D eigenvalue weighted by atomic mass is 35.5. The predicted octanol–water partition coefficient (Wildman–Crippen LogP) is 3.67. The van der Waals surface area contributed by atoms with E-state index in [9.17, 15) is 0 Å². The van der Waals surface area contributed by atoms with Crippen LogP contribution in [0.4, 0.5) is 5.69 Å². The maximum atomic E-state index is 6.36. The molecule has 0 amide bonds. The second-order valence-corrected chi connectivity index (χ2v) is 5.11. The van der Waals surface area contributed by atoms with Crippen LogP contribution in [0.25, 0.3) is 0 Å². The fourth-order valence-electron chi connectivity index (χ4n) is 2.29. The summed E-state index contributed by atoms with van der Waals surface area (Å²) in [5, 5.41) is 11.0. The molecule has 0 aliphatic carbocycles. The Bertz CT molecular complexity index is 745. The standard InChI is InChI=1S/C16H15ClN4O/c1-22-15-6-7-18-10-14(15)21-16(11-8-19-20-9-11)12-4-2-3-5-13(12)17/h2-10,16,21H,1H3,(H,19,20). The van der Waals surface area contributed by atoms with E-state index in [0.29, 0.717) is 5.02 Å². The van der Waals surface area contributed by atoms with E-state index >= 15 is 0 Å². The Hall–Kier alpha value is -2.53. The molecule has 2 heterocycles. The first-order chi connectivity index (χ1) is 10.8. The molecule has 0 spiro atoms. The summed E-state index contributed by atoms with van der Waals surface area (Å²) in [4.78, 5) is 4.14. The largest absolute Gasteiger partial charge is 0.494 e. The number of halogens is 1. The van der Waals surface area contributed by atoms with Gasteiger partial charge >= 0.3 is 0 Å². The maximum absolute atomic E-state index is 6.36. The van der Waals surface area contributed by atoms with E-state index in [-0.39, 0.29) is 6.04 Å². The highest BCUT2D eigenvalue weighted by Gasteiger charge is 2.19. The summed E-state index contributed by atoms with van der Waals surface area (Å²) in [6, 6.07) is 9.36. The lowest BCUT2D eigenvalue weighted by Gasteiger charge is -2.21. The molecule has 5 nitrogen and oxygen atoms in total. The third kappa shape index (κ3) is 2.89. The summed E-state index contributed by atoms with van der Waals surface area (Å²) < 4.78 is 5.37. The molecule has 1 atom stereocenters. The van der Waals surface area contributed by atoms with E-state index in [1.807, 2.05) is 30.5 Å². The zero-order valence-electron chi connectivity index (χ0n) is 12.0. The highest BCUT2D eigenvalue weighted by molar-refractivity contribution is 6.31. The molecule has 0 saturated heterocycles. The molecule has 0 fully saturated rings. The van der Waals surface area contributed by atoms with Gasteiger partial charge in [0.05, 0.1) is 31.2 Å². The van der Waals surface area contributed by atoms with Gasteiger partial charge in [-0.05, 0) is 11.6 Å². The third-order valence-electron chi connectivity index (χ3n) is 3.37. The molecule has 2 N–H and O–H groups in total. The van der Waals surface area contributed by atoms with Crippen molar-refractivity contribution in [3.63, 3.8) is 0 Å². The average Bonchev–Trinajstić information content (AvgIpc) is 3.08. The van der Waals surface area contributed by atoms with E-state index < -0.39 is 0 Å². The van der Waals surface area contributed by atoms with Gasteiger partial charge in [0.2, 0.25) is 0 Å². The van der Waals surface area contributed by atoms with Crippen molar-refractivity contribution in [3.05, 3.63) is 71.3 Å². The number of aromatic amines is 1. The lowest BCUT2D eigenvalue weighted by atomic mass is 10.0. The Labute approximate surface area is 133 Å². The normalized spacial score (nSPS) is 11.9. The number of ether oxygens (including phenoxy) is 1. The zero-order valence-corrected chi connectivity index (χ0v) is 12.7. The van der Waals surface area contributed by atoms with Gasteiger partial charge in [-0.2, -0.15) is 5.10 Å². The van der Waals surface area contributed by atoms with E-state index in [4.69, 9.17) is 16.3 Å². The monoisotopic (exact) mass is 314 g/mol. The van der Waals surface area contributed by atoms with Crippen LogP contribution in [0.1, 0.15) is 17.2 Å². The van der Waals surface area contributed by atoms with E-state index in [1.54, 1.807) is 31.8 Å². The lowest BCUT2D eigenvalue weighted by molar-refractivity contribution is 0.415. The molecule has 6 heteroatoms. The van der Waals surface area contributed by atoms with Crippen molar-refractivity contribution in [3.8, 4) is 5.75 Å². The molecule has 0 bridgehead atoms. The van der Waals surface area contributed by atoms with Crippen LogP contribution in [0.15, 0.2) is 55.1 Å². The molecule has 1 aromatic carbocycles. The summed E-state index contributed by atoms with van der Waals surface area (Å²) >= 11 is 6.36. The summed E-state index contributed by atoms with van der Waals surface area (Å²) in [5.41, 5.74) is 2.71. The molecular weight excluding hydrogens is 300 g/mol. The van der Waals surface area contributed by atoms with Crippen LogP contribution in [-0.4, -0.2) is 22.3 Å². The molecule has 3 rings (SSSR count). The Morgan fingerprint density at radius 3 is 2.82 bits per heavy atom. The first-order valence-electron chi connectivity index (χ1n) is 6.77. The number of nitrogens with zero attached hydrogens (tertiary/aromatic N) is 2. The molecule has 3 aromatic rings. The van der Waals surface area contributed by atoms with Gasteiger partial charge in [-0.3, -0.25) is 10.1 Å². The van der Waals surface area contributed by atoms with E-state index in [1.165, 1.54) is 0 Å². The van der Waals surface area contributed by atoms with Gasteiger partial charge in [-0.15, -0.1) is 0 Å². The number of hydrogen-bond donors (Lipinski definition) is 2. The smallest absolute Gasteiger partial charge is 0.145 e. The number of pyridine rings is 1. The number of methoxy groups -OCH3 is 1. The van der Waals surface area contributed by atoms with Crippen molar-refractivity contribution in [2.75, 3.05) is 12.4 Å².